The van der Waals surface area contributed by atoms with Gasteiger partial charge >= 0.3 is 0 Å². The van der Waals surface area contributed by atoms with Gasteiger partial charge in [-0.15, -0.1) is 0 Å². The molecule has 8 nitrogen and oxygen atoms in total. The Morgan fingerprint density at radius 2 is 2.15 bits per heavy atom. The van der Waals surface area contributed by atoms with E-state index in [0.717, 1.165) is 51.7 Å². The van der Waals surface area contributed by atoms with Crippen LogP contribution in [0.5, 0.6) is 0 Å². The van der Waals surface area contributed by atoms with Gasteiger partial charge in [0, 0.05) is 23.5 Å². The Hall–Kier alpha value is -3.42. The number of nitrogen functional groups attached to an aromatic ring is 1. The maximum Gasteiger partial charge on any atom is 0.251 e. The Kier molecular flexibility index (Phi) is 3.24. The molecule has 0 unspecified atom stereocenters. The maximum atomic E-state index is 11.9. The molecule has 1 aliphatic rings. The van der Waals surface area contributed by atoms with Crippen LogP contribution in [0.2, 0.25) is 0 Å². The smallest absolute Gasteiger partial charge is 0.251 e. The first-order valence-corrected chi connectivity index (χ1v) is 8.92. The fourth-order valence-electron chi connectivity index (χ4n) is 3.60. The van der Waals surface area contributed by atoms with Crippen LogP contribution in [-0.2, 0) is 0 Å². The van der Waals surface area contributed by atoms with Crippen LogP contribution in [0.15, 0.2) is 24.5 Å². The highest BCUT2D eigenvalue weighted by molar-refractivity contribution is 6.03. The number of anilines is 1. The van der Waals surface area contributed by atoms with E-state index in [1.165, 1.54) is 6.33 Å². The lowest BCUT2D eigenvalue weighted by molar-refractivity contribution is 0.0963. The van der Waals surface area contributed by atoms with Crippen molar-refractivity contribution in [3.05, 3.63) is 35.7 Å². The van der Waals surface area contributed by atoms with Crippen molar-refractivity contribution in [1.82, 2.24) is 30.0 Å². The Morgan fingerprint density at radius 1 is 1.33 bits per heavy atom. The number of carbonyl (C=O) groups excluding carboxylic acids is 1. The monoisotopic (exact) mass is 361 g/mol. The fourth-order valence-corrected chi connectivity index (χ4v) is 3.60. The number of nitrogens with one attached hydrogen (secondary N) is 2. The number of amides is 1. The van der Waals surface area contributed by atoms with Gasteiger partial charge in [-0.25, -0.2) is 14.6 Å². The van der Waals surface area contributed by atoms with Gasteiger partial charge < -0.3 is 16.0 Å². The zero-order valence-electron chi connectivity index (χ0n) is 15.1. The standard InChI is InChI=1S/C19H19N7O/c1-9-12-6-3-10(19(27)21-2)7-13(12)24-15(9)16-14-17(20)22-8-23-18(14)26(25-16)11-4-5-11/h3,6-8,11,24H,4-5H2,1-2H3,(H,21,27)(H2,20,22,23). The second-order valence-corrected chi connectivity index (χ2v) is 6.95. The van der Waals surface area contributed by atoms with Crippen molar-refractivity contribution in [2.24, 2.45) is 0 Å². The van der Waals surface area contributed by atoms with Crippen molar-refractivity contribution < 1.29 is 4.79 Å². The molecule has 1 fully saturated rings. The highest BCUT2D eigenvalue weighted by Crippen LogP contribution is 2.41. The number of hydrogen-bond donors (Lipinski definition) is 3. The van der Waals surface area contributed by atoms with Crippen LogP contribution < -0.4 is 11.1 Å². The van der Waals surface area contributed by atoms with Gasteiger partial charge in [-0.1, -0.05) is 6.07 Å². The van der Waals surface area contributed by atoms with Gasteiger partial charge in [-0.05, 0) is 37.5 Å². The van der Waals surface area contributed by atoms with E-state index in [0.29, 0.717) is 17.4 Å². The Bertz CT molecular complexity index is 1220. The molecule has 1 saturated carbocycles. The summed E-state index contributed by atoms with van der Waals surface area (Å²) in [5.74, 6) is 0.304. The van der Waals surface area contributed by atoms with Crippen LogP contribution in [-0.4, -0.2) is 37.7 Å². The van der Waals surface area contributed by atoms with E-state index in [1.807, 2.05) is 29.8 Å². The largest absolute Gasteiger partial charge is 0.383 e. The van der Waals surface area contributed by atoms with Crippen LogP contribution in [0.25, 0.3) is 33.3 Å². The minimum absolute atomic E-state index is 0.119. The summed E-state index contributed by atoms with van der Waals surface area (Å²) in [4.78, 5) is 24.0. The molecule has 3 aromatic heterocycles. The van der Waals surface area contributed by atoms with Crippen molar-refractivity contribution in [2.75, 3.05) is 12.8 Å². The van der Waals surface area contributed by atoms with E-state index < -0.39 is 0 Å². The van der Waals surface area contributed by atoms with Gasteiger partial charge in [0.25, 0.3) is 5.91 Å². The lowest BCUT2D eigenvalue weighted by Crippen LogP contribution is -2.17. The molecule has 1 amide bonds. The molecule has 0 bridgehead atoms. The number of nitrogens with two attached hydrogens (primary N) is 1. The van der Waals surface area contributed by atoms with Crippen molar-refractivity contribution in [3.8, 4) is 11.4 Å². The molecule has 1 aliphatic carbocycles. The van der Waals surface area contributed by atoms with Gasteiger partial charge in [0.2, 0.25) is 0 Å². The number of fused-ring (bicyclic) bond motifs is 2. The van der Waals surface area contributed by atoms with Gasteiger partial charge in [0.1, 0.15) is 17.8 Å². The molecule has 0 atom stereocenters. The van der Waals surface area contributed by atoms with Crippen molar-refractivity contribution in [2.45, 2.75) is 25.8 Å². The van der Waals surface area contributed by atoms with Gasteiger partial charge in [0.05, 0.1) is 17.1 Å². The van der Waals surface area contributed by atoms with Crippen molar-refractivity contribution in [3.63, 3.8) is 0 Å². The molecule has 0 saturated heterocycles. The first-order chi connectivity index (χ1) is 13.1. The lowest BCUT2D eigenvalue weighted by Gasteiger charge is -1.99. The molecular weight excluding hydrogens is 342 g/mol. The first kappa shape index (κ1) is 15.8. The lowest BCUT2D eigenvalue weighted by atomic mass is 10.1. The van der Waals surface area contributed by atoms with Gasteiger partial charge in [-0.3, -0.25) is 4.79 Å². The number of hydrogen-bond acceptors (Lipinski definition) is 5. The second kappa shape index (κ2) is 5.54. The third-order valence-electron chi connectivity index (χ3n) is 5.20. The topological polar surface area (TPSA) is 115 Å². The van der Waals surface area contributed by atoms with Crippen LogP contribution in [0.3, 0.4) is 0 Å². The zero-order chi connectivity index (χ0) is 18.7. The van der Waals surface area contributed by atoms with E-state index in [9.17, 15) is 4.79 Å². The molecule has 0 radical (unpaired) electrons. The SMILES string of the molecule is CNC(=O)c1ccc2c(C)c(-c3nn(C4CC4)c4ncnc(N)c34)[nH]c2c1. The first-order valence-electron chi connectivity index (χ1n) is 8.92. The molecule has 4 aromatic rings. The van der Waals surface area contributed by atoms with E-state index in [4.69, 9.17) is 10.8 Å². The van der Waals surface area contributed by atoms with E-state index in [2.05, 4.69) is 20.3 Å². The quantitative estimate of drug-likeness (QED) is 0.519. The van der Waals surface area contributed by atoms with Crippen LogP contribution >= 0.6 is 0 Å². The summed E-state index contributed by atoms with van der Waals surface area (Å²) in [6, 6.07) is 6.00. The van der Waals surface area contributed by atoms with Crippen LogP contribution in [0.4, 0.5) is 5.82 Å². The summed E-state index contributed by atoms with van der Waals surface area (Å²) in [5.41, 5.74) is 11.1. The average molecular weight is 361 g/mol. The molecule has 8 heteroatoms. The minimum Gasteiger partial charge on any atom is -0.383 e. The van der Waals surface area contributed by atoms with Crippen molar-refractivity contribution >= 4 is 33.7 Å². The highest BCUT2D eigenvalue weighted by atomic mass is 16.1. The van der Waals surface area contributed by atoms with Crippen LogP contribution in [0.1, 0.15) is 34.8 Å². The summed E-state index contributed by atoms with van der Waals surface area (Å²) in [5, 5.41) is 9.30. The summed E-state index contributed by atoms with van der Waals surface area (Å²) in [6.07, 6.45) is 3.68. The number of carbonyl (C=O) groups is 1. The number of nitrogens with zero attached hydrogens (tertiary/aromatic N) is 4. The fraction of sp³-hybridized carbons (Fsp3) is 0.263. The average Bonchev–Trinajstić information content (AvgIpc) is 3.37. The maximum absolute atomic E-state index is 11.9. The number of aryl methyl sites for hydroxylation is 1. The minimum atomic E-state index is -0.119. The molecule has 5 rings (SSSR count). The third kappa shape index (κ3) is 2.29. The number of aromatic nitrogens is 5. The predicted octanol–water partition coefficient (Wildman–Crippen LogP) is 2.56. The van der Waals surface area contributed by atoms with E-state index in [1.54, 1.807) is 7.05 Å². The summed E-state index contributed by atoms with van der Waals surface area (Å²) < 4.78 is 1.96. The molecular formula is C19H19N7O. The molecule has 27 heavy (non-hydrogen) atoms. The van der Waals surface area contributed by atoms with Crippen molar-refractivity contribution in [1.29, 1.82) is 0 Å². The molecule has 136 valence electrons. The van der Waals surface area contributed by atoms with Gasteiger partial charge in [0.15, 0.2) is 5.65 Å². The Morgan fingerprint density at radius 3 is 2.89 bits per heavy atom. The summed E-state index contributed by atoms with van der Waals surface area (Å²) >= 11 is 0. The third-order valence-corrected chi connectivity index (χ3v) is 5.20. The number of benzene rings is 1. The summed E-state index contributed by atoms with van der Waals surface area (Å²) in [7, 11) is 1.62. The zero-order valence-corrected chi connectivity index (χ0v) is 15.1. The Balaban J connectivity index is 1.76. The molecule has 4 N–H and O–H groups in total. The summed E-state index contributed by atoms with van der Waals surface area (Å²) in [6.45, 7) is 2.04. The molecule has 1 aromatic carbocycles. The predicted molar refractivity (Wildman–Crippen MR) is 103 cm³/mol. The van der Waals surface area contributed by atoms with Gasteiger partial charge in [-0.2, -0.15) is 5.10 Å². The number of H-pyrrole nitrogens is 1. The number of rotatable bonds is 3. The molecule has 3 heterocycles. The number of aromatic amines is 1. The molecule has 0 aliphatic heterocycles. The normalized spacial score (nSPS) is 14.1. The van der Waals surface area contributed by atoms with E-state index in [-0.39, 0.29) is 5.91 Å². The van der Waals surface area contributed by atoms with E-state index >= 15 is 0 Å². The second-order valence-electron chi connectivity index (χ2n) is 6.95. The Labute approximate surface area is 154 Å². The van der Waals surface area contributed by atoms with Crippen LogP contribution in [0, 0.1) is 6.92 Å². The molecule has 0 spiro atoms. The highest BCUT2D eigenvalue weighted by Gasteiger charge is 2.30.